The molecule has 1 aliphatic heterocycles. The number of ether oxygens (including phenoxy) is 2. The van der Waals surface area contributed by atoms with Gasteiger partial charge in [0, 0.05) is 13.2 Å². The molecule has 8 heteroatoms. The summed E-state index contributed by atoms with van der Waals surface area (Å²) >= 11 is 0. The molecule has 0 aromatic heterocycles. The zero-order valence-electron chi connectivity index (χ0n) is 13.2. The smallest absolute Gasteiger partial charge is 0.241 e. The molecule has 7 nitrogen and oxygen atoms in total. The van der Waals surface area contributed by atoms with Gasteiger partial charge in [-0.1, -0.05) is 0 Å². The molecule has 1 saturated heterocycles. The van der Waals surface area contributed by atoms with Gasteiger partial charge in [0.1, 0.15) is 5.75 Å². The van der Waals surface area contributed by atoms with Gasteiger partial charge in [0.15, 0.2) is 0 Å². The van der Waals surface area contributed by atoms with Crippen molar-refractivity contribution in [3.8, 4) is 5.75 Å². The number of benzene rings is 1. The molecule has 1 aromatic rings. The number of rotatable bonds is 7. The first kappa shape index (κ1) is 17.7. The maximum atomic E-state index is 12.3. The molecular formula is C15H22N2O5S. The summed E-state index contributed by atoms with van der Waals surface area (Å²) in [6.45, 7) is 2.61. The predicted octanol–water partition coefficient (Wildman–Crippen LogP) is 0.657. The Hall–Kier alpha value is -1.64. The molecule has 1 heterocycles. The van der Waals surface area contributed by atoms with Crippen molar-refractivity contribution in [3.05, 3.63) is 24.3 Å². The molecule has 1 aliphatic rings. The lowest BCUT2D eigenvalue weighted by Gasteiger charge is -2.16. The molecular weight excluding hydrogens is 320 g/mol. The fraction of sp³-hybridized carbons (Fsp3) is 0.533. The fourth-order valence-electron chi connectivity index (χ4n) is 2.28. The monoisotopic (exact) mass is 342 g/mol. The number of hydrogen-bond donors (Lipinski definition) is 2. The second-order valence-electron chi connectivity index (χ2n) is 5.40. The minimum absolute atomic E-state index is 0.0179. The normalized spacial score (nSPS) is 19.3. The molecule has 2 rings (SSSR count). The molecule has 1 aromatic carbocycles. The Kier molecular flexibility index (Phi) is 5.97. The molecule has 2 unspecified atom stereocenters. The van der Waals surface area contributed by atoms with Crippen molar-refractivity contribution in [2.24, 2.45) is 0 Å². The van der Waals surface area contributed by atoms with Crippen LogP contribution < -0.4 is 14.8 Å². The van der Waals surface area contributed by atoms with E-state index in [0.29, 0.717) is 18.9 Å². The summed E-state index contributed by atoms with van der Waals surface area (Å²) in [6, 6.07) is 5.09. The van der Waals surface area contributed by atoms with Crippen molar-refractivity contribution >= 4 is 15.9 Å². The Morgan fingerprint density at radius 3 is 2.65 bits per heavy atom. The third kappa shape index (κ3) is 4.92. The number of carbonyl (C=O) groups is 1. The van der Waals surface area contributed by atoms with E-state index in [1.54, 1.807) is 12.1 Å². The second kappa shape index (κ2) is 7.76. The average Bonchev–Trinajstić information content (AvgIpc) is 3.05. The van der Waals surface area contributed by atoms with E-state index in [2.05, 4.69) is 10.0 Å². The molecule has 2 N–H and O–H groups in total. The molecule has 0 aliphatic carbocycles. The van der Waals surface area contributed by atoms with E-state index in [9.17, 15) is 13.2 Å². The standard InChI is InChI=1S/C15H22N2O5S/c1-11(15(18)16-10-13-4-3-9-22-13)17-23(19,20)14-7-5-12(21-2)6-8-14/h5-8,11,13,17H,3-4,9-10H2,1-2H3,(H,16,18). The van der Waals surface area contributed by atoms with Crippen molar-refractivity contribution in [2.75, 3.05) is 20.3 Å². The van der Waals surface area contributed by atoms with Gasteiger partial charge >= 0.3 is 0 Å². The van der Waals surface area contributed by atoms with Gasteiger partial charge in [-0.2, -0.15) is 4.72 Å². The number of sulfonamides is 1. The van der Waals surface area contributed by atoms with E-state index < -0.39 is 16.1 Å². The van der Waals surface area contributed by atoms with Crippen LogP contribution in [0.25, 0.3) is 0 Å². The summed E-state index contributed by atoms with van der Waals surface area (Å²) in [5.41, 5.74) is 0. The van der Waals surface area contributed by atoms with Crippen LogP contribution in [0, 0.1) is 0 Å². The molecule has 0 radical (unpaired) electrons. The highest BCUT2D eigenvalue weighted by molar-refractivity contribution is 7.89. The second-order valence-corrected chi connectivity index (χ2v) is 7.11. The summed E-state index contributed by atoms with van der Waals surface area (Å²) in [5, 5.41) is 2.71. The van der Waals surface area contributed by atoms with E-state index >= 15 is 0 Å². The fourth-order valence-corrected chi connectivity index (χ4v) is 3.48. The highest BCUT2D eigenvalue weighted by Crippen LogP contribution is 2.15. The van der Waals surface area contributed by atoms with E-state index in [1.807, 2.05) is 0 Å². The van der Waals surface area contributed by atoms with Gasteiger partial charge in [-0.15, -0.1) is 0 Å². The van der Waals surface area contributed by atoms with Gasteiger partial charge in [-0.3, -0.25) is 4.79 Å². The van der Waals surface area contributed by atoms with Gasteiger partial charge in [0.25, 0.3) is 0 Å². The predicted molar refractivity (Wildman–Crippen MR) is 84.8 cm³/mol. The van der Waals surface area contributed by atoms with Crippen LogP contribution in [-0.2, 0) is 19.6 Å². The van der Waals surface area contributed by atoms with E-state index in [1.165, 1.54) is 26.2 Å². The van der Waals surface area contributed by atoms with Crippen molar-refractivity contribution < 1.29 is 22.7 Å². The van der Waals surface area contributed by atoms with Gasteiger partial charge < -0.3 is 14.8 Å². The zero-order chi connectivity index (χ0) is 16.9. The lowest BCUT2D eigenvalue weighted by molar-refractivity contribution is -0.122. The molecule has 1 amide bonds. The number of hydrogen-bond acceptors (Lipinski definition) is 5. The van der Waals surface area contributed by atoms with Crippen molar-refractivity contribution in [1.29, 1.82) is 0 Å². The van der Waals surface area contributed by atoms with Crippen LogP contribution in [0.15, 0.2) is 29.2 Å². The molecule has 23 heavy (non-hydrogen) atoms. The highest BCUT2D eigenvalue weighted by atomic mass is 32.2. The van der Waals surface area contributed by atoms with Crippen molar-refractivity contribution in [2.45, 2.75) is 36.8 Å². The third-order valence-corrected chi connectivity index (χ3v) is 5.18. The van der Waals surface area contributed by atoms with Crippen LogP contribution in [0.4, 0.5) is 0 Å². The summed E-state index contributed by atoms with van der Waals surface area (Å²) < 4.78 is 37.3. The Morgan fingerprint density at radius 2 is 2.09 bits per heavy atom. The Bertz CT molecular complexity index is 624. The first-order valence-electron chi connectivity index (χ1n) is 7.48. The van der Waals surface area contributed by atoms with Gasteiger partial charge in [0.05, 0.1) is 24.2 Å². The van der Waals surface area contributed by atoms with Gasteiger partial charge in [-0.05, 0) is 44.0 Å². The summed E-state index contributed by atoms with van der Waals surface area (Å²) in [7, 11) is -2.26. The average molecular weight is 342 g/mol. The van der Waals surface area contributed by atoms with Crippen LogP contribution in [0.3, 0.4) is 0 Å². The number of methoxy groups -OCH3 is 1. The highest BCUT2D eigenvalue weighted by Gasteiger charge is 2.23. The van der Waals surface area contributed by atoms with Gasteiger partial charge in [-0.25, -0.2) is 8.42 Å². The van der Waals surface area contributed by atoms with Crippen molar-refractivity contribution in [3.63, 3.8) is 0 Å². The molecule has 1 fully saturated rings. The van der Waals surface area contributed by atoms with Crippen LogP contribution in [0.5, 0.6) is 5.75 Å². The largest absolute Gasteiger partial charge is 0.497 e. The van der Waals surface area contributed by atoms with E-state index in [-0.39, 0.29) is 16.9 Å². The Labute approximate surface area is 136 Å². The molecule has 128 valence electrons. The van der Waals surface area contributed by atoms with E-state index in [0.717, 1.165) is 12.8 Å². The number of nitrogens with one attached hydrogen (secondary N) is 2. The third-order valence-electron chi connectivity index (χ3n) is 3.62. The lowest BCUT2D eigenvalue weighted by atomic mass is 10.2. The Morgan fingerprint density at radius 1 is 1.39 bits per heavy atom. The Balaban J connectivity index is 1.91. The topological polar surface area (TPSA) is 93.7 Å². The van der Waals surface area contributed by atoms with E-state index in [4.69, 9.17) is 9.47 Å². The quantitative estimate of drug-likeness (QED) is 0.759. The number of carbonyl (C=O) groups excluding carboxylic acids is 1. The van der Waals surface area contributed by atoms with Crippen molar-refractivity contribution in [1.82, 2.24) is 10.0 Å². The molecule has 2 atom stereocenters. The van der Waals surface area contributed by atoms with Gasteiger partial charge in [0.2, 0.25) is 15.9 Å². The molecule has 0 bridgehead atoms. The lowest BCUT2D eigenvalue weighted by Crippen LogP contribution is -2.46. The maximum Gasteiger partial charge on any atom is 0.241 e. The summed E-state index contributed by atoms with van der Waals surface area (Å²) in [4.78, 5) is 12.1. The number of amides is 1. The van der Waals surface area contributed by atoms with Crippen LogP contribution in [-0.4, -0.2) is 46.7 Å². The van der Waals surface area contributed by atoms with Crippen LogP contribution in [0.2, 0.25) is 0 Å². The molecule has 0 saturated carbocycles. The zero-order valence-corrected chi connectivity index (χ0v) is 14.1. The van der Waals surface area contributed by atoms with Crippen LogP contribution in [0.1, 0.15) is 19.8 Å². The minimum Gasteiger partial charge on any atom is -0.497 e. The summed E-state index contributed by atoms with van der Waals surface area (Å²) in [5.74, 6) is 0.184. The van der Waals surface area contributed by atoms with Crippen LogP contribution >= 0.6 is 0 Å². The maximum absolute atomic E-state index is 12.3. The SMILES string of the molecule is COc1ccc(S(=O)(=O)NC(C)C(=O)NCC2CCCO2)cc1. The first-order chi connectivity index (χ1) is 10.9. The summed E-state index contributed by atoms with van der Waals surface area (Å²) in [6.07, 6.45) is 1.91. The first-order valence-corrected chi connectivity index (χ1v) is 8.96. The molecule has 0 spiro atoms. The minimum atomic E-state index is -3.76.